The molecule has 10 heteroatoms. The third-order valence-corrected chi connectivity index (χ3v) is 1.91. The van der Waals surface area contributed by atoms with Crippen LogP contribution in [0.2, 0.25) is 0 Å². The van der Waals surface area contributed by atoms with E-state index in [2.05, 4.69) is 14.5 Å². The second-order valence-corrected chi connectivity index (χ2v) is 3.21. The molecule has 0 spiro atoms. The van der Waals surface area contributed by atoms with E-state index < -0.39 is 42.0 Å². The largest absolute Gasteiger partial charge is 0.574 e. The molecule has 108 valence electrons. The second kappa shape index (κ2) is 5.11. The van der Waals surface area contributed by atoms with Gasteiger partial charge in [0.05, 0.1) is 13.7 Å². The van der Waals surface area contributed by atoms with Gasteiger partial charge in [-0.05, 0) is 6.07 Å². The number of aliphatic hydroxyl groups excluding tert-OH is 1. The van der Waals surface area contributed by atoms with Crippen LogP contribution in [0.3, 0.4) is 0 Å². The molecule has 19 heavy (non-hydrogen) atoms. The normalized spacial score (nSPS) is 12.4. The lowest BCUT2D eigenvalue weighted by Crippen LogP contribution is -2.20. The third kappa shape index (κ3) is 3.88. The topological polar surface area (TPSA) is 51.6 Å². The number of halogens is 6. The first-order valence-corrected chi connectivity index (χ1v) is 4.60. The molecule has 1 aromatic heterocycles. The van der Waals surface area contributed by atoms with Gasteiger partial charge in [0.1, 0.15) is 5.56 Å². The first kappa shape index (κ1) is 15.3. The van der Waals surface area contributed by atoms with Gasteiger partial charge in [-0.25, -0.2) is 0 Å². The SMILES string of the molecule is COc1nc(OC(F)(F)F)c(CO)cc1C(F)(F)F. The molecular weight excluding hydrogens is 284 g/mol. The number of aliphatic hydroxyl groups is 1. The maximum atomic E-state index is 12.6. The molecule has 0 unspecified atom stereocenters. The molecule has 0 aliphatic heterocycles. The lowest BCUT2D eigenvalue weighted by atomic mass is 10.2. The molecular formula is C9H7F6NO3. The highest BCUT2D eigenvalue weighted by Crippen LogP contribution is 2.38. The minimum Gasteiger partial charge on any atom is -0.480 e. The molecule has 0 aliphatic carbocycles. The van der Waals surface area contributed by atoms with E-state index in [1.165, 1.54) is 0 Å². The fourth-order valence-corrected chi connectivity index (χ4v) is 1.19. The van der Waals surface area contributed by atoms with Gasteiger partial charge in [0.2, 0.25) is 11.8 Å². The quantitative estimate of drug-likeness (QED) is 0.869. The van der Waals surface area contributed by atoms with Crippen LogP contribution < -0.4 is 9.47 Å². The van der Waals surface area contributed by atoms with Gasteiger partial charge in [0.25, 0.3) is 0 Å². The molecule has 0 radical (unpaired) electrons. The van der Waals surface area contributed by atoms with E-state index in [1.54, 1.807) is 0 Å². The first-order valence-electron chi connectivity index (χ1n) is 4.60. The van der Waals surface area contributed by atoms with Crippen molar-refractivity contribution in [3.8, 4) is 11.8 Å². The Morgan fingerprint density at radius 2 is 1.74 bits per heavy atom. The number of hydrogen-bond acceptors (Lipinski definition) is 4. The van der Waals surface area contributed by atoms with Crippen LogP contribution in [0.5, 0.6) is 11.8 Å². The lowest BCUT2D eigenvalue weighted by molar-refractivity contribution is -0.276. The first-order chi connectivity index (χ1) is 8.58. The van der Waals surface area contributed by atoms with E-state index >= 15 is 0 Å². The summed E-state index contributed by atoms with van der Waals surface area (Å²) in [6.07, 6.45) is -10.0. The molecule has 1 aromatic rings. The van der Waals surface area contributed by atoms with Crippen LogP contribution in [0.4, 0.5) is 26.3 Å². The number of rotatable bonds is 3. The molecule has 0 saturated heterocycles. The van der Waals surface area contributed by atoms with Crippen LogP contribution in [0.15, 0.2) is 6.07 Å². The minimum atomic E-state index is -5.15. The summed E-state index contributed by atoms with van der Waals surface area (Å²) in [6.45, 7) is -1.11. The number of pyridine rings is 1. The number of methoxy groups -OCH3 is 1. The molecule has 0 bridgehead atoms. The summed E-state index contributed by atoms with van der Waals surface area (Å²) in [5.74, 6) is -2.27. The van der Waals surface area contributed by atoms with Gasteiger partial charge in [0.15, 0.2) is 0 Å². The zero-order valence-electron chi connectivity index (χ0n) is 9.26. The predicted molar refractivity (Wildman–Crippen MR) is 48.4 cm³/mol. The van der Waals surface area contributed by atoms with E-state index in [-0.39, 0.29) is 6.07 Å². The van der Waals surface area contributed by atoms with Crippen molar-refractivity contribution in [2.24, 2.45) is 0 Å². The summed E-state index contributed by atoms with van der Waals surface area (Å²) < 4.78 is 81.4. The van der Waals surface area contributed by atoms with E-state index in [9.17, 15) is 26.3 Å². The van der Waals surface area contributed by atoms with Crippen LogP contribution in [-0.4, -0.2) is 23.6 Å². The van der Waals surface area contributed by atoms with Gasteiger partial charge < -0.3 is 14.6 Å². The summed E-state index contributed by atoms with van der Waals surface area (Å²) in [6, 6.07) is 0.285. The molecule has 0 atom stereocenters. The Hall–Kier alpha value is -1.71. The van der Waals surface area contributed by atoms with Crippen molar-refractivity contribution >= 4 is 0 Å². The second-order valence-electron chi connectivity index (χ2n) is 3.21. The highest BCUT2D eigenvalue weighted by atomic mass is 19.4. The average Bonchev–Trinajstić information content (AvgIpc) is 2.24. The van der Waals surface area contributed by atoms with Crippen LogP contribution in [-0.2, 0) is 12.8 Å². The van der Waals surface area contributed by atoms with Crippen molar-refractivity contribution in [3.05, 3.63) is 17.2 Å². The Balaban J connectivity index is 3.36. The van der Waals surface area contributed by atoms with Crippen molar-refractivity contribution < 1.29 is 40.9 Å². The summed E-state index contributed by atoms with van der Waals surface area (Å²) in [5, 5.41) is 8.77. The van der Waals surface area contributed by atoms with Gasteiger partial charge in [-0.1, -0.05) is 0 Å². The highest BCUT2D eigenvalue weighted by Gasteiger charge is 2.38. The Kier molecular flexibility index (Phi) is 4.13. The van der Waals surface area contributed by atoms with Crippen LogP contribution in [0.1, 0.15) is 11.1 Å². The van der Waals surface area contributed by atoms with Crippen molar-refractivity contribution in [1.82, 2.24) is 4.98 Å². The lowest BCUT2D eigenvalue weighted by Gasteiger charge is -2.16. The smallest absolute Gasteiger partial charge is 0.480 e. The van der Waals surface area contributed by atoms with Crippen molar-refractivity contribution in [3.63, 3.8) is 0 Å². The van der Waals surface area contributed by atoms with Crippen LogP contribution in [0, 0.1) is 0 Å². The maximum absolute atomic E-state index is 12.6. The van der Waals surface area contributed by atoms with Crippen molar-refractivity contribution in [2.45, 2.75) is 19.1 Å². The Morgan fingerprint density at radius 3 is 2.11 bits per heavy atom. The number of nitrogens with zero attached hydrogens (tertiary/aromatic N) is 1. The zero-order chi connectivity index (χ0) is 14.8. The van der Waals surface area contributed by atoms with E-state index in [4.69, 9.17) is 5.11 Å². The summed E-state index contributed by atoms with van der Waals surface area (Å²) in [5.41, 5.74) is -2.17. The number of ether oxygens (including phenoxy) is 2. The molecule has 0 aliphatic rings. The minimum absolute atomic E-state index is 0.285. The number of hydrogen-bond donors (Lipinski definition) is 1. The standard InChI is InChI=1S/C9H7F6NO3/c1-18-7-5(8(10,11)12)2-4(3-17)6(16-7)19-9(13,14)15/h2,17H,3H2,1H3. The van der Waals surface area contributed by atoms with Crippen molar-refractivity contribution in [1.29, 1.82) is 0 Å². The summed E-state index contributed by atoms with van der Waals surface area (Å²) in [4.78, 5) is 2.97. The fourth-order valence-electron chi connectivity index (χ4n) is 1.19. The van der Waals surface area contributed by atoms with Gasteiger partial charge in [-0.3, -0.25) is 0 Å². The highest BCUT2D eigenvalue weighted by molar-refractivity contribution is 5.39. The fraction of sp³-hybridized carbons (Fsp3) is 0.444. The van der Waals surface area contributed by atoms with Gasteiger partial charge in [-0.15, -0.1) is 13.2 Å². The van der Waals surface area contributed by atoms with Gasteiger partial charge in [0, 0.05) is 5.56 Å². The average molecular weight is 291 g/mol. The molecule has 1 heterocycles. The molecule has 0 saturated carbocycles. The molecule has 0 amide bonds. The van der Waals surface area contributed by atoms with E-state index in [1.807, 2.05) is 0 Å². The Morgan fingerprint density at radius 1 is 1.16 bits per heavy atom. The molecule has 0 aromatic carbocycles. The molecule has 1 rings (SSSR count). The third-order valence-electron chi connectivity index (χ3n) is 1.91. The maximum Gasteiger partial charge on any atom is 0.574 e. The predicted octanol–water partition coefficient (Wildman–Crippen LogP) is 2.50. The van der Waals surface area contributed by atoms with Crippen LogP contribution in [0.25, 0.3) is 0 Å². The van der Waals surface area contributed by atoms with Gasteiger partial charge in [-0.2, -0.15) is 18.2 Å². The number of aromatic nitrogens is 1. The molecule has 4 nitrogen and oxygen atoms in total. The molecule has 0 fully saturated rings. The van der Waals surface area contributed by atoms with E-state index in [0.29, 0.717) is 0 Å². The monoisotopic (exact) mass is 291 g/mol. The Labute approximate surface area is 102 Å². The summed E-state index contributed by atoms with van der Waals surface area (Å²) in [7, 11) is 0.813. The summed E-state index contributed by atoms with van der Waals surface area (Å²) >= 11 is 0. The molecule has 1 N–H and O–H groups in total. The van der Waals surface area contributed by atoms with Crippen molar-refractivity contribution in [2.75, 3.05) is 7.11 Å². The zero-order valence-corrected chi connectivity index (χ0v) is 9.26. The van der Waals surface area contributed by atoms with E-state index in [0.717, 1.165) is 7.11 Å². The number of alkyl halides is 6. The Bertz CT molecular complexity index is 456. The van der Waals surface area contributed by atoms with Crippen LogP contribution >= 0.6 is 0 Å². The van der Waals surface area contributed by atoms with Gasteiger partial charge >= 0.3 is 12.5 Å².